The molecule has 0 aliphatic rings. The van der Waals surface area contributed by atoms with Crippen molar-refractivity contribution in [3.8, 4) is 11.5 Å². The molecule has 0 aliphatic heterocycles. The number of anilines is 1. The third kappa shape index (κ3) is 4.79. The van der Waals surface area contributed by atoms with Crippen molar-refractivity contribution in [1.82, 2.24) is 5.32 Å². The molecule has 0 radical (unpaired) electrons. The Morgan fingerprint density at radius 1 is 0.964 bits per heavy atom. The first-order chi connectivity index (χ1) is 13.3. The lowest BCUT2D eigenvalue weighted by molar-refractivity contribution is -0.115. The number of carbonyl (C=O) groups is 3. The molecule has 3 N–H and O–H groups in total. The smallest absolute Gasteiger partial charge is 0.335 e. The summed E-state index contributed by atoms with van der Waals surface area (Å²) in [6, 6.07) is 7.80. The SMILES string of the molecule is COc1cc(C(=O)O)cc(NC(=O)CNC(=O)c2ccc(C)c(C)c2)c1OC. The van der Waals surface area contributed by atoms with Crippen LogP contribution in [-0.4, -0.2) is 43.7 Å². The van der Waals surface area contributed by atoms with Gasteiger partial charge < -0.3 is 25.2 Å². The topological polar surface area (TPSA) is 114 Å². The zero-order chi connectivity index (χ0) is 20.8. The number of nitrogens with one attached hydrogen (secondary N) is 2. The second-order valence-corrected chi connectivity index (χ2v) is 6.09. The summed E-state index contributed by atoms with van der Waals surface area (Å²) >= 11 is 0. The molecule has 0 atom stereocenters. The maximum Gasteiger partial charge on any atom is 0.335 e. The molecule has 0 saturated heterocycles. The van der Waals surface area contributed by atoms with Crippen LogP contribution in [0.1, 0.15) is 31.8 Å². The summed E-state index contributed by atoms with van der Waals surface area (Å²) in [7, 11) is 2.73. The van der Waals surface area contributed by atoms with Crippen LogP contribution in [0.2, 0.25) is 0 Å². The van der Waals surface area contributed by atoms with Gasteiger partial charge in [0.2, 0.25) is 5.91 Å². The van der Waals surface area contributed by atoms with Crippen molar-refractivity contribution < 1.29 is 29.0 Å². The van der Waals surface area contributed by atoms with E-state index < -0.39 is 11.9 Å². The monoisotopic (exact) mass is 386 g/mol. The van der Waals surface area contributed by atoms with E-state index in [4.69, 9.17) is 9.47 Å². The third-order valence-corrected chi connectivity index (χ3v) is 4.18. The molecular formula is C20H22N2O6. The first-order valence-electron chi connectivity index (χ1n) is 8.41. The molecule has 0 fully saturated rings. The van der Waals surface area contributed by atoms with E-state index in [9.17, 15) is 19.5 Å². The Balaban J connectivity index is 2.11. The average molecular weight is 386 g/mol. The number of carboxylic acids is 1. The Kier molecular flexibility index (Phi) is 6.59. The van der Waals surface area contributed by atoms with Gasteiger partial charge in [-0.25, -0.2) is 4.79 Å². The molecule has 8 heteroatoms. The van der Waals surface area contributed by atoms with Crippen LogP contribution < -0.4 is 20.1 Å². The van der Waals surface area contributed by atoms with Crippen LogP contribution in [0.4, 0.5) is 5.69 Å². The van der Waals surface area contributed by atoms with Gasteiger partial charge in [0.1, 0.15) is 0 Å². The van der Waals surface area contributed by atoms with E-state index >= 15 is 0 Å². The summed E-state index contributed by atoms with van der Waals surface area (Å²) < 4.78 is 10.3. The summed E-state index contributed by atoms with van der Waals surface area (Å²) in [6.45, 7) is 3.54. The number of benzene rings is 2. The number of carboxylic acid groups (broad SMARTS) is 1. The molecule has 0 aliphatic carbocycles. The van der Waals surface area contributed by atoms with E-state index in [0.717, 1.165) is 11.1 Å². The van der Waals surface area contributed by atoms with Gasteiger partial charge in [0.05, 0.1) is 32.0 Å². The Hall–Kier alpha value is -3.55. The standard InChI is InChI=1S/C20H22N2O6/c1-11-5-6-13(7-12(11)2)19(24)21-10-17(23)22-15-8-14(20(25)26)9-16(27-3)18(15)28-4/h5-9H,10H2,1-4H3,(H,21,24)(H,22,23)(H,25,26). The quantitative estimate of drug-likeness (QED) is 0.673. The molecule has 0 aromatic heterocycles. The summed E-state index contributed by atoms with van der Waals surface area (Å²) in [4.78, 5) is 35.7. The van der Waals surface area contributed by atoms with Crippen molar-refractivity contribution in [2.24, 2.45) is 0 Å². The fraction of sp³-hybridized carbons (Fsp3) is 0.250. The van der Waals surface area contributed by atoms with Gasteiger partial charge in [0.25, 0.3) is 5.91 Å². The molecule has 0 spiro atoms. The Bertz CT molecular complexity index is 923. The molecule has 2 amide bonds. The molecule has 0 heterocycles. The van der Waals surface area contributed by atoms with Gasteiger partial charge in [-0.05, 0) is 49.2 Å². The second-order valence-electron chi connectivity index (χ2n) is 6.09. The lowest BCUT2D eigenvalue weighted by Gasteiger charge is -2.15. The van der Waals surface area contributed by atoms with E-state index in [1.54, 1.807) is 12.1 Å². The summed E-state index contributed by atoms with van der Waals surface area (Å²) in [5, 5.41) is 14.3. The van der Waals surface area contributed by atoms with Crippen LogP contribution in [0.15, 0.2) is 30.3 Å². The van der Waals surface area contributed by atoms with Crippen LogP contribution >= 0.6 is 0 Å². The van der Waals surface area contributed by atoms with Crippen LogP contribution in [0, 0.1) is 13.8 Å². The number of aromatic carboxylic acids is 1. The van der Waals surface area contributed by atoms with Crippen LogP contribution in [0.25, 0.3) is 0 Å². The van der Waals surface area contributed by atoms with Crippen molar-refractivity contribution in [3.63, 3.8) is 0 Å². The Labute approximate surface area is 162 Å². The second kappa shape index (κ2) is 8.90. The number of amides is 2. The summed E-state index contributed by atoms with van der Waals surface area (Å²) in [5.74, 6) is -1.76. The number of rotatable bonds is 7. The summed E-state index contributed by atoms with van der Waals surface area (Å²) in [5.41, 5.74) is 2.54. The molecule has 8 nitrogen and oxygen atoms in total. The molecule has 0 bridgehead atoms. The minimum absolute atomic E-state index is 0.0767. The lowest BCUT2D eigenvalue weighted by Crippen LogP contribution is -2.33. The predicted octanol–water partition coefficient (Wildman–Crippen LogP) is 2.39. The Morgan fingerprint density at radius 3 is 2.25 bits per heavy atom. The van der Waals surface area contributed by atoms with Crippen molar-refractivity contribution in [3.05, 3.63) is 52.6 Å². The first kappa shape index (κ1) is 20.8. The average Bonchev–Trinajstić information content (AvgIpc) is 2.67. The maximum absolute atomic E-state index is 12.2. The van der Waals surface area contributed by atoms with Gasteiger partial charge >= 0.3 is 5.97 Å². The number of carbonyl (C=O) groups excluding carboxylic acids is 2. The first-order valence-corrected chi connectivity index (χ1v) is 8.41. The zero-order valence-electron chi connectivity index (χ0n) is 16.1. The van der Waals surface area contributed by atoms with Crippen molar-refractivity contribution in [2.45, 2.75) is 13.8 Å². The van der Waals surface area contributed by atoms with Gasteiger partial charge in [0.15, 0.2) is 11.5 Å². The number of methoxy groups -OCH3 is 2. The number of aryl methyl sites for hydroxylation is 2. The highest BCUT2D eigenvalue weighted by molar-refractivity contribution is 6.01. The Morgan fingerprint density at radius 2 is 1.68 bits per heavy atom. The molecule has 28 heavy (non-hydrogen) atoms. The van der Waals surface area contributed by atoms with Crippen LogP contribution in [0.5, 0.6) is 11.5 Å². The highest BCUT2D eigenvalue weighted by atomic mass is 16.5. The highest BCUT2D eigenvalue weighted by Gasteiger charge is 2.18. The number of hydrogen-bond acceptors (Lipinski definition) is 5. The largest absolute Gasteiger partial charge is 0.493 e. The molecular weight excluding hydrogens is 364 g/mol. The van der Waals surface area contributed by atoms with Crippen molar-refractivity contribution in [1.29, 1.82) is 0 Å². The van der Waals surface area contributed by atoms with Crippen LogP contribution in [0.3, 0.4) is 0 Å². The minimum atomic E-state index is -1.18. The summed E-state index contributed by atoms with van der Waals surface area (Å²) in [6.07, 6.45) is 0. The van der Waals surface area contributed by atoms with Crippen molar-refractivity contribution in [2.75, 3.05) is 26.1 Å². The number of ether oxygens (including phenoxy) is 2. The van der Waals surface area contributed by atoms with Gasteiger partial charge in [-0.3, -0.25) is 9.59 Å². The van der Waals surface area contributed by atoms with Gasteiger partial charge in [-0.15, -0.1) is 0 Å². The molecule has 0 unspecified atom stereocenters. The molecule has 148 valence electrons. The predicted molar refractivity (Wildman–Crippen MR) is 103 cm³/mol. The molecule has 2 aromatic rings. The molecule has 2 rings (SSSR count). The van der Waals surface area contributed by atoms with E-state index in [2.05, 4.69) is 10.6 Å². The number of hydrogen-bond donors (Lipinski definition) is 3. The fourth-order valence-electron chi connectivity index (χ4n) is 2.52. The zero-order valence-corrected chi connectivity index (χ0v) is 16.1. The molecule has 2 aromatic carbocycles. The van der Waals surface area contributed by atoms with Gasteiger partial charge in [-0.2, -0.15) is 0 Å². The van der Waals surface area contributed by atoms with E-state index in [-0.39, 0.29) is 35.2 Å². The normalized spacial score (nSPS) is 10.1. The van der Waals surface area contributed by atoms with E-state index in [1.165, 1.54) is 26.4 Å². The van der Waals surface area contributed by atoms with Gasteiger partial charge in [-0.1, -0.05) is 6.07 Å². The van der Waals surface area contributed by atoms with E-state index in [1.807, 2.05) is 19.9 Å². The lowest BCUT2D eigenvalue weighted by atomic mass is 10.1. The minimum Gasteiger partial charge on any atom is -0.493 e. The highest BCUT2D eigenvalue weighted by Crippen LogP contribution is 2.36. The van der Waals surface area contributed by atoms with Crippen LogP contribution in [-0.2, 0) is 4.79 Å². The van der Waals surface area contributed by atoms with Gasteiger partial charge in [0, 0.05) is 5.56 Å². The van der Waals surface area contributed by atoms with Crippen molar-refractivity contribution >= 4 is 23.5 Å². The van der Waals surface area contributed by atoms with E-state index in [0.29, 0.717) is 5.56 Å². The molecule has 0 saturated carbocycles. The fourth-order valence-corrected chi connectivity index (χ4v) is 2.52. The maximum atomic E-state index is 12.2. The third-order valence-electron chi connectivity index (χ3n) is 4.18.